The predicted molar refractivity (Wildman–Crippen MR) is 94.0 cm³/mol. The fourth-order valence-corrected chi connectivity index (χ4v) is 3.34. The molecule has 0 saturated carbocycles. The lowest BCUT2D eigenvalue weighted by atomic mass is 9.99. The molecule has 3 aromatic rings. The zero-order chi connectivity index (χ0) is 16.5. The number of anilines is 1. The Kier molecular flexibility index (Phi) is 3.90. The van der Waals surface area contributed by atoms with Gasteiger partial charge in [0, 0.05) is 31.7 Å². The first-order valence-corrected chi connectivity index (χ1v) is 8.43. The molecule has 0 bridgehead atoms. The lowest BCUT2D eigenvalue weighted by Gasteiger charge is -2.33. The number of nitrogens with zero attached hydrogens (tertiary/aromatic N) is 5. The standard InChI is InChI=1S/C18H22N6/c1-13(23-8-7-15-5-3-4-6-16(15)11-23)10-19-17-9-18-22-20-12-24(18)14(2)21-17/h3-6,9,12-13,19H,7-8,10-11H2,1-2H3. The van der Waals surface area contributed by atoms with E-state index in [4.69, 9.17) is 0 Å². The Balaban J connectivity index is 1.42. The molecule has 1 aromatic carbocycles. The van der Waals surface area contributed by atoms with Gasteiger partial charge in [0.15, 0.2) is 5.65 Å². The number of hydrogen-bond donors (Lipinski definition) is 1. The molecule has 24 heavy (non-hydrogen) atoms. The molecular formula is C18H22N6. The molecule has 4 rings (SSSR count). The second kappa shape index (κ2) is 6.20. The average molecular weight is 322 g/mol. The van der Waals surface area contributed by atoms with E-state index in [1.54, 1.807) is 6.33 Å². The first-order chi connectivity index (χ1) is 11.7. The predicted octanol–water partition coefficient (Wildman–Crippen LogP) is 2.29. The van der Waals surface area contributed by atoms with Gasteiger partial charge in [0.2, 0.25) is 0 Å². The van der Waals surface area contributed by atoms with Crippen molar-refractivity contribution in [3.05, 3.63) is 53.6 Å². The van der Waals surface area contributed by atoms with Crippen LogP contribution in [0.3, 0.4) is 0 Å². The van der Waals surface area contributed by atoms with E-state index in [1.165, 1.54) is 11.1 Å². The second-order valence-corrected chi connectivity index (χ2v) is 6.47. The quantitative estimate of drug-likeness (QED) is 0.799. The van der Waals surface area contributed by atoms with Crippen LogP contribution in [-0.4, -0.2) is 43.6 Å². The van der Waals surface area contributed by atoms with Gasteiger partial charge in [-0.1, -0.05) is 24.3 Å². The number of aromatic nitrogens is 4. The van der Waals surface area contributed by atoms with Gasteiger partial charge in [-0.15, -0.1) is 10.2 Å². The number of hydrogen-bond acceptors (Lipinski definition) is 5. The number of nitrogens with one attached hydrogen (secondary N) is 1. The van der Waals surface area contributed by atoms with Crippen molar-refractivity contribution in [3.8, 4) is 0 Å². The fourth-order valence-electron chi connectivity index (χ4n) is 3.34. The highest BCUT2D eigenvalue weighted by molar-refractivity contribution is 5.49. The van der Waals surface area contributed by atoms with Gasteiger partial charge in [-0.2, -0.15) is 0 Å². The number of aryl methyl sites for hydroxylation is 1. The zero-order valence-corrected chi connectivity index (χ0v) is 14.1. The van der Waals surface area contributed by atoms with Crippen LogP contribution in [0, 0.1) is 6.92 Å². The van der Waals surface area contributed by atoms with Crippen LogP contribution in [0.2, 0.25) is 0 Å². The first kappa shape index (κ1) is 15.1. The van der Waals surface area contributed by atoms with Crippen LogP contribution in [0.5, 0.6) is 0 Å². The summed E-state index contributed by atoms with van der Waals surface area (Å²) in [6.45, 7) is 7.22. The first-order valence-electron chi connectivity index (χ1n) is 8.43. The summed E-state index contributed by atoms with van der Waals surface area (Å²) in [5, 5.41) is 11.5. The van der Waals surface area contributed by atoms with Crippen molar-refractivity contribution in [1.82, 2.24) is 24.5 Å². The summed E-state index contributed by atoms with van der Waals surface area (Å²) in [7, 11) is 0. The molecule has 0 amide bonds. The molecule has 1 aliphatic heterocycles. The van der Waals surface area contributed by atoms with Gasteiger partial charge in [0.1, 0.15) is 18.0 Å². The molecule has 2 aromatic heterocycles. The largest absolute Gasteiger partial charge is 0.368 e. The summed E-state index contributed by atoms with van der Waals surface area (Å²) >= 11 is 0. The SMILES string of the molecule is Cc1nc(NCC(C)N2CCc3ccccc3C2)cc2nncn12. The summed E-state index contributed by atoms with van der Waals surface area (Å²) in [5.41, 5.74) is 3.77. The minimum atomic E-state index is 0.439. The fraction of sp³-hybridized carbons (Fsp3) is 0.389. The van der Waals surface area contributed by atoms with E-state index < -0.39 is 0 Å². The van der Waals surface area contributed by atoms with Crippen LogP contribution in [0.1, 0.15) is 23.9 Å². The van der Waals surface area contributed by atoms with Gasteiger partial charge in [-0.3, -0.25) is 9.30 Å². The van der Waals surface area contributed by atoms with Gasteiger partial charge in [0.25, 0.3) is 0 Å². The number of fused-ring (bicyclic) bond motifs is 2. The monoisotopic (exact) mass is 322 g/mol. The van der Waals surface area contributed by atoms with Crippen LogP contribution >= 0.6 is 0 Å². The van der Waals surface area contributed by atoms with Crippen molar-refractivity contribution in [3.63, 3.8) is 0 Å². The van der Waals surface area contributed by atoms with E-state index in [0.29, 0.717) is 6.04 Å². The molecule has 6 nitrogen and oxygen atoms in total. The van der Waals surface area contributed by atoms with Crippen molar-refractivity contribution >= 4 is 11.5 Å². The molecule has 0 aliphatic carbocycles. The Labute approximate surface area is 141 Å². The Morgan fingerprint density at radius 1 is 1.25 bits per heavy atom. The van der Waals surface area contributed by atoms with E-state index in [9.17, 15) is 0 Å². The molecule has 3 heterocycles. The van der Waals surface area contributed by atoms with E-state index in [2.05, 4.69) is 56.6 Å². The van der Waals surface area contributed by atoms with Crippen LogP contribution in [0.15, 0.2) is 36.7 Å². The molecule has 0 spiro atoms. The van der Waals surface area contributed by atoms with Crippen LogP contribution in [-0.2, 0) is 13.0 Å². The van der Waals surface area contributed by atoms with Crippen LogP contribution in [0.4, 0.5) is 5.82 Å². The smallest absolute Gasteiger partial charge is 0.165 e. The van der Waals surface area contributed by atoms with Crippen LogP contribution < -0.4 is 5.32 Å². The third kappa shape index (κ3) is 2.85. The molecule has 1 aliphatic rings. The maximum Gasteiger partial charge on any atom is 0.165 e. The summed E-state index contributed by atoms with van der Waals surface area (Å²) < 4.78 is 1.89. The number of benzene rings is 1. The van der Waals surface area contributed by atoms with Gasteiger partial charge >= 0.3 is 0 Å². The summed E-state index contributed by atoms with van der Waals surface area (Å²) in [6, 6.07) is 11.1. The molecule has 1 atom stereocenters. The minimum Gasteiger partial charge on any atom is -0.368 e. The maximum absolute atomic E-state index is 4.58. The summed E-state index contributed by atoms with van der Waals surface area (Å²) in [4.78, 5) is 7.11. The lowest BCUT2D eigenvalue weighted by Crippen LogP contribution is -2.41. The van der Waals surface area contributed by atoms with E-state index in [0.717, 1.165) is 43.3 Å². The molecule has 0 saturated heterocycles. The topological polar surface area (TPSA) is 58.4 Å². The van der Waals surface area contributed by atoms with E-state index in [1.807, 2.05) is 17.4 Å². The van der Waals surface area contributed by atoms with Gasteiger partial charge in [-0.05, 0) is 31.4 Å². The van der Waals surface area contributed by atoms with Crippen LogP contribution in [0.25, 0.3) is 5.65 Å². The Morgan fingerprint density at radius 3 is 2.96 bits per heavy atom. The molecule has 0 radical (unpaired) electrons. The van der Waals surface area contributed by atoms with Crippen molar-refractivity contribution in [2.45, 2.75) is 32.9 Å². The second-order valence-electron chi connectivity index (χ2n) is 6.47. The third-order valence-corrected chi connectivity index (χ3v) is 4.83. The Morgan fingerprint density at radius 2 is 2.08 bits per heavy atom. The highest BCUT2D eigenvalue weighted by Gasteiger charge is 2.20. The Hall–Kier alpha value is -2.47. The van der Waals surface area contributed by atoms with Crippen molar-refractivity contribution in [2.75, 3.05) is 18.4 Å². The molecule has 1 N–H and O–H groups in total. The van der Waals surface area contributed by atoms with E-state index in [-0.39, 0.29) is 0 Å². The minimum absolute atomic E-state index is 0.439. The van der Waals surface area contributed by atoms with Gasteiger partial charge in [-0.25, -0.2) is 4.98 Å². The number of rotatable bonds is 4. The highest BCUT2D eigenvalue weighted by atomic mass is 15.2. The molecule has 6 heteroatoms. The third-order valence-electron chi connectivity index (χ3n) is 4.83. The lowest BCUT2D eigenvalue weighted by molar-refractivity contribution is 0.198. The van der Waals surface area contributed by atoms with Crippen molar-refractivity contribution in [2.24, 2.45) is 0 Å². The summed E-state index contributed by atoms with van der Waals surface area (Å²) in [6.07, 6.45) is 2.82. The maximum atomic E-state index is 4.58. The summed E-state index contributed by atoms with van der Waals surface area (Å²) in [5.74, 6) is 1.75. The zero-order valence-electron chi connectivity index (χ0n) is 14.1. The molecule has 124 valence electrons. The normalized spacial score (nSPS) is 16.1. The molecule has 0 fully saturated rings. The van der Waals surface area contributed by atoms with Gasteiger partial charge < -0.3 is 5.32 Å². The molecule has 1 unspecified atom stereocenters. The average Bonchev–Trinajstić information content (AvgIpc) is 3.08. The van der Waals surface area contributed by atoms with Crippen molar-refractivity contribution < 1.29 is 0 Å². The van der Waals surface area contributed by atoms with Gasteiger partial charge in [0.05, 0.1) is 0 Å². The highest BCUT2D eigenvalue weighted by Crippen LogP contribution is 2.20. The molecular weight excluding hydrogens is 300 g/mol. The van der Waals surface area contributed by atoms with Crippen molar-refractivity contribution in [1.29, 1.82) is 0 Å². The Bertz CT molecular complexity index is 856. The van der Waals surface area contributed by atoms with E-state index >= 15 is 0 Å².